The van der Waals surface area contributed by atoms with Crippen molar-refractivity contribution >= 4 is 29.1 Å². The van der Waals surface area contributed by atoms with E-state index in [1.807, 2.05) is 60.7 Å². The van der Waals surface area contributed by atoms with Crippen LogP contribution in [0.3, 0.4) is 0 Å². The van der Waals surface area contributed by atoms with E-state index in [0.29, 0.717) is 42.2 Å². The third kappa shape index (κ3) is 6.11. The van der Waals surface area contributed by atoms with E-state index in [0.717, 1.165) is 11.1 Å². The number of β-amino-alcohol motifs (C(OH)–C–C–N with tert-alkyl or cyclic N) is 1. The number of benzene rings is 3. The van der Waals surface area contributed by atoms with Crippen molar-refractivity contribution in [1.82, 2.24) is 15.1 Å². The van der Waals surface area contributed by atoms with Crippen LogP contribution in [-0.2, 0) is 10.2 Å². The van der Waals surface area contributed by atoms with Gasteiger partial charge in [0.05, 0.1) is 17.7 Å². The van der Waals surface area contributed by atoms with E-state index >= 15 is 0 Å². The number of nitrogens with two attached hydrogens (primary N) is 1. The highest BCUT2D eigenvalue weighted by Gasteiger charge is 2.45. The molecule has 39 heavy (non-hydrogen) atoms. The van der Waals surface area contributed by atoms with Crippen molar-refractivity contribution in [2.24, 2.45) is 0 Å². The number of halogens is 1. The van der Waals surface area contributed by atoms with Crippen LogP contribution in [0.2, 0.25) is 5.02 Å². The Morgan fingerprint density at radius 2 is 1.67 bits per heavy atom. The highest BCUT2D eigenvalue weighted by Crippen LogP contribution is 2.39. The number of hydrogen-bond donors (Lipinski definition) is 3. The first-order valence-electron chi connectivity index (χ1n) is 13.2. The Labute approximate surface area is 235 Å². The minimum Gasteiger partial charge on any atom is -0.398 e. The summed E-state index contributed by atoms with van der Waals surface area (Å²) in [7, 11) is 3.58. The number of amides is 2. The average molecular weight is 549 g/mol. The van der Waals surface area contributed by atoms with E-state index in [1.165, 1.54) is 6.07 Å². The summed E-state index contributed by atoms with van der Waals surface area (Å²) in [4.78, 5) is 30.7. The van der Waals surface area contributed by atoms with E-state index in [-0.39, 0.29) is 17.9 Å². The van der Waals surface area contributed by atoms with E-state index in [9.17, 15) is 14.7 Å². The van der Waals surface area contributed by atoms with Gasteiger partial charge < -0.3 is 21.1 Å². The number of carbonyl (C=O) groups excluding carboxylic acids is 2. The van der Waals surface area contributed by atoms with Crippen LogP contribution in [0.15, 0.2) is 78.9 Å². The normalized spacial score (nSPS) is 18.8. The van der Waals surface area contributed by atoms with Crippen LogP contribution in [0, 0.1) is 0 Å². The number of carbonyl (C=O) groups is 2. The van der Waals surface area contributed by atoms with E-state index in [4.69, 9.17) is 17.3 Å². The summed E-state index contributed by atoms with van der Waals surface area (Å²) < 4.78 is 0. The van der Waals surface area contributed by atoms with Gasteiger partial charge in [0.25, 0.3) is 5.91 Å². The minimum atomic E-state index is -0.897. The number of nitrogens with zero attached hydrogens (tertiary/aromatic N) is 2. The molecule has 0 bridgehead atoms. The van der Waals surface area contributed by atoms with Gasteiger partial charge in [-0.2, -0.15) is 0 Å². The summed E-state index contributed by atoms with van der Waals surface area (Å²) in [5, 5.41) is 14.4. The lowest BCUT2D eigenvalue weighted by Crippen LogP contribution is -2.57. The quantitative estimate of drug-likeness (QED) is 0.370. The fourth-order valence-corrected chi connectivity index (χ4v) is 5.80. The van der Waals surface area contributed by atoms with Crippen molar-refractivity contribution in [3.05, 3.63) is 101 Å². The molecule has 1 saturated heterocycles. The molecule has 4 N–H and O–H groups in total. The molecule has 4 rings (SSSR count). The van der Waals surface area contributed by atoms with Crippen molar-refractivity contribution < 1.29 is 14.7 Å². The zero-order chi connectivity index (χ0) is 28.2. The van der Waals surface area contributed by atoms with Crippen molar-refractivity contribution in [2.75, 3.05) is 32.9 Å². The number of nitrogen functional groups attached to an aromatic ring is 1. The molecule has 206 valence electrons. The first-order valence-corrected chi connectivity index (χ1v) is 13.6. The molecule has 0 aromatic heterocycles. The number of hydrogen-bond acceptors (Lipinski definition) is 5. The smallest absolute Gasteiger partial charge is 0.253 e. The number of piperidine rings is 1. The molecule has 8 heteroatoms. The van der Waals surface area contributed by atoms with Crippen LogP contribution in [-0.4, -0.2) is 72.1 Å². The SMILES string of the molecule is CC(CC(C(=O)N(C)C)(c1ccccc1)c1ccccc1)N1CC[C@H](NC(=O)c2cc(Cl)ccc2N)[C@@H](O)C1. The maximum atomic E-state index is 14.0. The molecule has 3 atom stereocenters. The number of likely N-dealkylation sites (tertiary alicyclic amines) is 1. The molecule has 0 saturated carbocycles. The van der Waals surface area contributed by atoms with E-state index in [2.05, 4.69) is 17.1 Å². The van der Waals surface area contributed by atoms with Crippen molar-refractivity contribution in [3.8, 4) is 0 Å². The maximum Gasteiger partial charge on any atom is 0.253 e. The summed E-state index contributed by atoms with van der Waals surface area (Å²) >= 11 is 6.05. The third-order valence-electron chi connectivity index (χ3n) is 7.72. The van der Waals surface area contributed by atoms with Crippen LogP contribution in [0.4, 0.5) is 5.69 Å². The topological polar surface area (TPSA) is 98.9 Å². The van der Waals surface area contributed by atoms with Gasteiger partial charge in [-0.25, -0.2) is 0 Å². The van der Waals surface area contributed by atoms with Gasteiger partial charge in [-0.1, -0.05) is 72.3 Å². The largest absolute Gasteiger partial charge is 0.398 e. The Morgan fingerprint density at radius 1 is 1.08 bits per heavy atom. The van der Waals surface area contributed by atoms with E-state index in [1.54, 1.807) is 31.1 Å². The molecule has 1 heterocycles. The predicted octanol–water partition coefficient (Wildman–Crippen LogP) is 3.94. The third-order valence-corrected chi connectivity index (χ3v) is 7.95. The second-order valence-corrected chi connectivity index (χ2v) is 11.0. The molecule has 1 aliphatic rings. The second-order valence-electron chi connectivity index (χ2n) is 10.6. The Hall–Kier alpha value is -3.39. The molecular formula is C31H37ClN4O3. The Morgan fingerprint density at radius 3 is 2.21 bits per heavy atom. The lowest BCUT2D eigenvalue weighted by Gasteiger charge is -2.44. The monoisotopic (exact) mass is 548 g/mol. The zero-order valence-corrected chi connectivity index (χ0v) is 23.4. The number of aliphatic hydroxyl groups excluding tert-OH is 1. The number of rotatable bonds is 8. The van der Waals surface area contributed by atoms with Crippen LogP contribution < -0.4 is 11.1 Å². The average Bonchev–Trinajstić information content (AvgIpc) is 2.94. The number of aliphatic hydroxyl groups is 1. The molecule has 1 fully saturated rings. The number of likely N-dealkylation sites (N-methyl/N-ethyl adjacent to an activating group) is 1. The van der Waals surface area contributed by atoms with Crippen molar-refractivity contribution in [3.63, 3.8) is 0 Å². The predicted molar refractivity (Wildman–Crippen MR) is 156 cm³/mol. The fourth-order valence-electron chi connectivity index (χ4n) is 5.63. The lowest BCUT2D eigenvalue weighted by molar-refractivity contribution is -0.134. The van der Waals surface area contributed by atoms with Gasteiger partial charge in [-0.3, -0.25) is 14.5 Å². The van der Waals surface area contributed by atoms with Gasteiger partial charge in [0.15, 0.2) is 0 Å². The summed E-state index contributed by atoms with van der Waals surface area (Å²) in [6.07, 6.45) is 0.307. The molecule has 0 spiro atoms. The number of nitrogens with one attached hydrogen (secondary N) is 1. The molecule has 7 nitrogen and oxygen atoms in total. The molecule has 2 amide bonds. The van der Waals surface area contributed by atoms with Crippen LogP contribution >= 0.6 is 11.6 Å². The summed E-state index contributed by atoms with van der Waals surface area (Å²) in [6.45, 7) is 3.12. The fraction of sp³-hybridized carbons (Fsp3) is 0.355. The van der Waals surface area contributed by atoms with Gasteiger partial charge >= 0.3 is 0 Å². The summed E-state index contributed by atoms with van der Waals surface area (Å²) in [5.41, 5.74) is 7.57. The first kappa shape index (κ1) is 28.6. The van der Waals surface area contributed by atoms with Gasteiger partial charge in [0.1, 0.15) is 5.41 Å². The molecular weight excluding hydrogens is 512 g/mol. The zero-order valence-electron chi connectivity index (χ0n) is 22.7. The molecule has 3 aromatic rings. The molecule has 1 aliphatic heterocycles. The van der Waals surface area contributed by atoms with Gasteiger partial charge in [-0.15, -0.1) is 0 Å². The van der Waals surface area contributed by atoms with Gasteiger partial charge in [0.2, 0.25) is 5.91 Å². The van der Waals surface area contributed by atoms with E-state index < -0.39 is 17.6 Å². The Bertz CT molecular complexity index is 1250. The maximum absolute atomic E-state index is 14.0. The standard InChI is InChI=1S/C31H37ClN4O3/c1-21(36-17-16-27(28(37)20-36)34-29(38)25-18-24(32)14-15-26(25)33)19-31(30(39)35(2)3,22-10-6-4-7-11-22)23-12-8-5-9-13-23/h4-15,18,21,27-28,37H,16-17,19-20,33H2,1-3H3,(H,34,38)/t21?,27-,28-/m0/s1. The second kappa shape index (κ2) is 12.2. The summed E-state index contributed by atoms with van der Waals surface area (Å²) in [6, 6.07) is 24.1. The van der Waals surface area contributed by atoms with Crippen molar-refractivity contribution in [1.29, 1.82) is 0 Å². The molecule has 0 aliphatic carbocycles. The molecule has 3 aromatic carbocycles. The number of anilines is 1. The van der Waals surface area contributed by atoms with Crippen molar-refractivity contribution in [2.45, 2.75) is 43.4 Å². The van der Waals surface area contributed by atoms with Gasteiger partial charge in [-0.05, 0) is 49.1 Å². The van der Waals surface area contributed by atoms with Crippen LogP contribution in [0.1, 0.15) is 41.3 Å². The van der Waals surface area contributed by atoms with Crippen LogP contribution in [0.5, 0.6) is 0 Å². The highest BCUT2D eigenvalue weighted by atomic mass is 35.5. The lowest BCUT2D eigenvalue weighted by atomic mass is 9.69. The van der Waals surface area contributed by atoms with Crippen LogP contribution in [0.25, 0.3) is 0 Å². The Balaban J connectivity index is 1.55. The minimum absolute atomic E-state index is 0.00792. The molecule has 0 radical (unpaired) electrons. The first-order chi connectivity index (χ1) is 18.6. The highest BCUT2D eigenvalue weighted by molar-refractivity contribution is 6.31. The summed E-state index contributed by atoms with van der Waals surface area (Å²) in [5.74, 6) is -0.349. The Kier molecular flexibility index (Phi) is 8.95. The van der Waals surface area contributed by atoms with Gasteiger partial charge in [0, 0.05) is 43.9 Å². The molecule has 1 unspecified atom stereocenters.